The Kier molecular flexibility index (Phi) is 6.62. The van der Waals surface area contributed by atoms with Crippen LogP contribution in [0.4, 0.5) is 0 Å². The third-order valence-corrected chi connectivity index (χ3v) is 5.61. The summed E-state index contributed by atoms with van der Waals surface area (Å²) >= 11 is 1.72. The largest absolute Gasteiger partial charge is 0.497 e. The van der Waals surface area contributed by atoms with Crippen LogP contribution in [0.15, 0.2) is 29.4 Å². The second-order valence-electron chi connectivity index (χ2n) is 6.29. The van der Waals surface area contributed by atoms with E-state index < -0.39 is 0 Å². The molecule has 136 valence electrons. The van der Waals surface area contributed by atoms with Gasteiger partial charge in [0, 0.05) is 18.2 Å². The lowest BCUT2D eigenvalue weighted by Crippen LogP contribution is -2.12. The quantitative estimate of drug-likeness (QED) is 0.511. The van der Waals surface area contributed by atoms with Crippen molar-refractivity contribution < 1.29 is 9.47 Å². The molecule has 5 nitrogen and oxygen atoms in total. The number of thioether (sulfide) groups is 1. The lowest BCUT2D eigenvalue weighted by atomic mass is 9.89. The molecule has 0 amide bonds. The van der Waals surface area contributed by atoms with Gasteiger partial charge in [0.05, 0.1) is 13.7 Å². The highest BCUT2D eigenvalue weighted by atomic mass is 32.2. The Bertz CT molecular complexity index is 651. The molecule has 0 aliphatic heterocycles. The van der Waals surface area contributed by atoms with Gasteiger partial charge >= 0.3 is 0 Å². The van der Waals surface area contributed by atoms with Crippen molar-refractivity contribution in [2.24, 2.45) is 0 Å². The predicted octanol–water partition coefficient (Wildman–Crippen LogP) is 4.53. The van der Waals surface area contributed by atoms with Gasteiger partial charge in [-0.2, -0.15) is 0 Å². The Morgan fingerprint density at radius 3 is 2.48 bits per heavy atom. The van der Waals surface area contributed by atoms with Crippen molar-refractivity contribution in [3.8, 4) is 11.5 Å². The molecular formula is C19H27N3O2S. The molecule has 1 aromatic heterocycles. The molecule has 0 atom stereocenters. The van der Waals surface area contributed by atoms with Crippen LogP contribution in [0, 0.1) is 0 Å². The predicted molar refractivity (Wildman–Crippen MR) is 101 cm³/mol. The van der Waals surface area contributed by atoms with Gasteiger partial charge in [-0.3, -0.25) is 0 Å². The molecule has 0 saturated heterocycles. The van der Waals surface area contributed by atoms with Crippen LogP contribution in [-0.2, 0) is 6.54 Å². The Balaban J connectivity index is 1.51. The lowest BCUT2D eigenvalue weighted by Gasteiger charge is -2.21. The Hall–Kier alpha value is -1.69. The first-order valence-electron chi connectivity index (χ1n) is 9.14. The van der Waals surface area contributed by atoms with Crippen molar-refractivity contribution in [1.29, 1.82) is 0 Å². The molecule has 1 heterocycles. The van der Waals surface area contributed by atoms with E-state index in [0.29, 0.717) is 12.5 Å². The van der Waals surface area contributed by atoms with E-state index in [2.05, 4.69) is 21.7 Å². The van der Waals surface area contributed by atoms with Crippen LogP contribution < -0.4 is 9.47 Å². The Labute approximate surface area is 154 Å². The standard InChI is InChI=1S/C19H27N3O2S/c1-3-22-18(15-7-5-4-6-8-15)20-21-19(22)25-14-13-24-17-11-9-16(23-2)10-12-17/h9-12,15H,3-8,13-14H2,1-2H3. The van der Waals surface area contributed by atoms with Gasteiger partial charge in [-0.15, -0.1) is 10.2 Å². The van der Waals surface area contributed by atoms with Crippen LogP contribution in [0.5, 0.6) is 11.5 Å². The van der Waals surface area contributed by atoms with Crippen LogP contribution >= 0.6 is 11.8 Å². The molecular weight excluding hydrogens is 334 g/mol. The molecule has 1 aromatic carbocycles. The molecule has 1 aliphatic rings. The minimum atomic E-state index is 0.589. The number of hydrogen-bond acceptors (Lipinski definition) is 5. The van der Waals surface area contributed by atoms with E-state index in [1.807, 2.05) is 24.3 Å². The minimum Gasteiger partial charge on any atom is -0.497 e. The first-order chi connectivity index (χ1) is 12.3. The van der Waals surface area contributed by atoms with E-state index in [-0.39, 0.29) is 0 Å². The maximum atomic E-state index is 5.79. The van der Waals surface area contributed by atoms with E-state index >= 15 is 0 Å². The first-order valence-corrected chi connectivity index (χ1v) is 10.1. The van der Waals surface area contributed by atoms with Crippen molar-refractivity contribution in [1.82, 2.24) is 14.8 Å². The summed E-state index contributed by atoms with van der Waals surface area (Å²) in [7, 11) is 1.66. The lowest BCUT2D eigenvalue weighted by molar-refractivity contribution is 0.342. The molecule has 3 rings (SSSR count). The molecule has 25 heavy (non-hydrogen) atoms. The monoisotopic (exact) mass is 361 g/mol. The second-order valence-corrected chi connectivity index (χ2v) is 7.35. The molecule has 0 N–H and O–H groups in total. The summed E-state index contributed by atoms with van der Waals surface area (Å²) in [6.07, 6.45) is 6.51. The van der Waals surface area contributed by atoms with Gasteiger partial charge in [0.1, 0.15) is 17.3 Å². The molecule has 6 heteroatoms. The number of aromatic nitrogens is 3. The molecule has 1 saturated carbocycles. The van der Waals surface area contributed by atoms with Gasteiger partial charge < -0.3 is 14.0 Å². The molecule has 0 radical (unpaired) electrons. The molecule has 0 unspecified atom stereocenters. The summed E-state index contributed by atoms with van der Waals surface area (Å²) < 4.78 is 13.2. The number of methoxy groups -OCH3 is 1. The fraction of sp³-hybridized carbons (Fsp3) is 0.579. The van der Waals surface area contributed by atoms with Gasteiger partial charge in [0.25, 0.3) is 0 Å². The van der Waals surface area contributed by atoms with Gasteiger partial charge in [0.15, 0.2) is 5.16 Å². The van der Waals surface area contributed by atoms with Crippen molar-refractivity contribution >= 4 is 11.8 Å². The fourth-order valence-corrected chi connectivity index (χ4v) is 4.16. The summed E-state index contributed by atoms with van der Waals surface area (Å²) in [6.45, 7) is 3.75. The van der Waals surface area contributed by atoms with Crippen molar-refractivity contribution in [2.45, 2.75) is 56.6 Å². The second kappa shape index (κ2) is 9.13. The first kappa shape index (κ1) is 18.1. The molecule has 0 spiro atoms. The van der Waals surface area contributed by atoms with Gasteiger partial charge in [0.2, 0.25) is 0 Å². The molecule has 2 aromatic rings. The summed E-state index contributed by atoms with van der Waals surface area (Å²) in [4.78, 5) is 0. The average Bonchev–Trinajstić information content (AvgIpc) is 3.09. The molecule has 1 aliphatic carbocycles. The van der Waals surface area contributed by atoms with Gasteiger partial charge in [-0.25, -0.2) is 0 Å². The highest BCUT2D eigenvalue weighted by molar-refractivity contribution is 7.99. The topological polar surface area (TPSA) is 49.2 Å². The van der Waals surface area contributed by atoms with E-state index in [0.717, 1.165) is 29.0 Å². The third kappa shape index (κ3) is 4.69. The fourth-order valence-electron chi connectivity index (χ4n) is 3.33. The van der Waals surface area contributed by atoms with E-state index in [4.69, 9.17) is 9.47 Å². The van der Waals surface area contributed by atoms with Crippen molar-refractivity contribution in [3.63, 3.8) is 0 Å². The highest BCUT2D eigenvalue weighted by Crippen LogP contribution is 2.33. The van der Waals surface area contributed by atoms with Crippen LogP contribution in [-0.4, -0.2) is 34.2 Å². The zero-order valence-corrected chi connectivity index (χ0v) is 15.9. The van der Waals surface area contributed by atoms with Crippen LogP contribution in [0.3, 0.4) is 0 Å². The molecule has 1 fully saturated rings. The summed E-state index contributed by atoms with van der Waals surface area (Å²) in [5, 5.41) is 9.95. The SMILES string of the molecule is CCn1c(SCCOc2ccc(OC)cc2)nnc1C1CCCCC1. The Morgan fingerprint density at radius 1 is 1.08 bits per heavy atom. The number of ether oxygens (including phenoxy) is 2. The zero-order chi connectivity index (χ0) is 17.5. The van der Waals surface area contributed by atoms with E-state index in [9.17, 15) is 0 Å². The number of nitrogens with zero attached hydrogens (tertiary/aromatic N) is 3. The maximum absolute atomic E-state index is 5.79. The number of hydrogen-bond donors (Lipinski definition) is 0. The third-order valence-electron chi connectivity index (χ3n) is 4.67. The summed E-state index contributed by atoms with van der Waals surface area (Å²) in [5.74, 6) is 4.33. The van der Waals surface area contributed by atoms with Crippen LogP contribution in [0.25, 0.3) is 0 Å². The van der Waals surface area contributed by atoms with Crippen molar-refractivity contribution in [2.75, 3.05) is 19.5 Å². The number of rotatable bonds is 8. The Morgan fingerprint density at radius 2 is 1.80 bits per heavy atom. The zero-order valence-electron chi connectivity index (χ0n) is 15.1. The number of benzene rings is 1. The van der Waals surface area contributed by atoms with E-state index in [1.165, 1.54) is 37.9 Å². The maximum Gasteiger partial charge on any atom is 0.191 e. The van der Waals surface area contributed by atoms with Gasteiger partial charge in [-0.1, -0.05) is 31.0 Å². The summed E-state index contributed by atoms with van der Waals surface area (Å²) in [5.41, 5.74) is 0. The molecule has 0 bridgehead atoms. The average molecular weight is 362 g/mol. The van der Waals surface area contributed by atoms with Crippen LogP contribution in [0.2, 0.25) is 0 Å². The highest BCUT2D eigenvalue weighted by Gasteiger charge is 2.22. The summed E-state index contributed by atoms with van der Waals surface area (Å²) in [6, 6.07) is 7.68. The van der Waals surface area contributed by atoms with Crippen LogP contribution in [0.1, 0.15) is 50.8 Å². The van der Waals surface area contributed by atoms with Crippen molar-refractivity contribution in [3.05, 3.63) is 30.1 Å². The normalized spacial score (nSPS) is 15.3. The van der Waals surface area contributed by atoms with Gasteiger partial charge in [-0.05, 0) is 44.0 Å². The smallest absolute Gasteiger partial charge is 0.191 e. The van der Waals surface area contributed by atoms with E-state index in [1.54, 1.807) is 18.9 Å². The minimum absolute atomic E-state index is 0.589.